The van der Waals surface area contributed by atoms with Gasteiger partial charge in [0.15, 0.2) is 0 Å². The van der Waals surface area contributed by atoms with Gasteiger partial charge in [-0.2, -0.15) is 0 Å². The minimum atomic E-state index is -0.409. The van der Waals surface area contributed by atoms with Gasteiger partial charge in [0, 0.05) is 37.0 Å². The molecule has 3 rings (SSSR count). The summed E-state index contributed by atoms with van der Waals surface area (Å²) >= 11 is 0. The molecule has 2 aromatic rings. The molecule has 0 bridgehead atoms. The molecule has 1 aliphatic rings. The van der Waals surface area contributed by atoms with Crippen molar-refractivity contribution < 1.29 is 14.4 Å². The van der Waals surface area contributed by atoms with Crippen molar-refractivity contribution in [3.05, 3.63) is 54.1 Å². The molecule has 0 aromatic heterocycles. The van der Waals surface area contributed by atoms with Gasteiger partial charge in [-0.15, -0.1) is 0 Å². The van der Waals surface area contributed by atoms with Gasteiger partial charge in [0.1, 0.15) is 0 Å². The van der Waals surface area contributed by atoms with Crippen molar-refractivity contribution in [2.24, 2.45) is 5.92 Å². The normalized spacial score (nSPS) is 16.5. The Labute approximate surface area is 152 Å². The van der Waals surface area contributed by atoms with Crippen molar-refractivity contribution in [1.29, 1.82) is 0 Å². The lowest BCUT2D eigenvalue weighted by molar-refractivity contribution is -0.122. The smallest absolute Gasteiger partial charge is 0.229 e. The predicted molar refractivity (Wildman–Crippen MR) is 101 cm³/mol. The maximum atomic E-state index is 12.5. The first-order valence-electron chi connectivity index (χ1n) is 8.48. The van der Waals surface area contributed by atoms with E-state index in [9.17, 15) is 14.4 Å². The van der Waals surface area contributed by atoms with E-state index >= 15 is 0 Å². The number of nitrogens with zero attached hydrogens (tertiary/aromatic N) is 1. The Balaban J connectivity index is 1.69. The molecule has 0 radical (unpaired) electrons. The highest BCUT2D eigenvalue weighted by atomic mass is 16.2. The van der Waals surface area contributed by atoms with Gasteiger partial charge in [-0.25, -0.2) is 0 Å². The average molecular weight is 351 g/mol. The molecule has 2 N–H and O–H groups in total. The molecule has 2 aromatic carbocycles. The number of carbonyl (C=O) groups is 3. The van der Waals surface area contributed by atoms with Gasteiger partial charge in [0.2, 0.25) is 17.7 Å². The molecule has 1 aliphatic heterocycles. The van der Waals surface area contributed by atoms with E-state index in [1.807, 2.05) is 31.2 Å². The fourth-order valence-electron chi connectivity index (χ4n) is 2.97. The van der Waals surface area contributed by atoms with Gasteiger partial charge < -0.3 is 15.5 Å². The zero-order valence-corrected chi connectivity index (χ0v) is 14.8. The predicted octanol–water partition coefficient (Wildman–Crippen LogP) is 2.95. The molecule has 0 aliphatic carbocycles. The van der Waals surface area contributed by atoms with Crippen LogP contribution in [0, 0.1) is 12.8 Å². The second-order valence-corrected chi connectivity index (χ2v) is 6.49. The number of hydrogen-bond donors (Lipinski definition) is 2. The Morgan fingerprint density at radius 1 is 1.04 bits per heavy atom. The van der Waals surface area contributed by atoms with Crippen LogP contribution in [0.15, 0.2) is 48.5 Å². The maximum Gasteiger partial charge on any atom is 0.229 e. The molecule has 134 valence electrons. The van der Waals surface area contributed by atoms with Crippen molar-refractivity contribution >= 4 is 34.8 Å². The largest absolute Gasteiger partial charge is 0.326 e. The molecule has 0 saturated carbocycles. The molecule has 3 amide bonds. The molecule has 26 heavy (non-hydrogen) atoms. The quantitative estimate of drug-likeness (QED) is 0.889. The molecular formula is C20H21N3O3. The number of rotatable bonds is 4. The average Bonchev–Trinajstić information content (AvgIpc) is 2.98. The highest BCUT2D eigenvalue weighted by Crippen LogP contribution is 2.28. The summed E-state index contributed by atoms with van der Waals surface area (Å²) < 4.78 is 0. The highest BCUT2D eigenvalue weighted by Gasteiger charge is 2.35. The first-order valence-corrected chi connectivity index (χ1v) is 8.48. The van der Waals surface area contributed by atoms with Crippen LogP contribution in [0.1, 0.15) is 18.9 Å². The van der Waals surface area contributed by atoms with Crippen molar-refractivity contribution in [2.45, 2.75) is 20.3 Å². The van der Waals surface area contributed by atoms with Crippen LogP contribution in [0.3, 0.4) is 0 Å². The van der Waals surface area contributed by atoms with Crippen LogP contribution in [0.2, 0.25) is 0 Å². The van der Waals surface area contributed by atoms with Gasteiger partial charge >= 0.3 is 0 Å². The number of nitrogens with one attached hydrogen (secondary N) is 2. The Morgan fingerprint density at radius 3 is 2.46 bits per heavy atom. The molecule has 0 unspecified atom stereocenters. The molecule has 1 saturated heterocycles. The van der Waals surface area contributed by atoms with Crippen LogP contribution >= 0.6 is 0 Å². The number of anilines is 3. The van der Waals surface area contributed by atoms with Crippen LogP contribution in [0.4, 0.5) is 17.1 Å². The van der Waals surface area contributed by atoms with Crippen molar-refractivity contribution in [3.63, 3.8) is 0 Å². The third-order valence-corrected chi connectivity index (χ3v) is 4.29. The second-order valence-electron chi connectivity index (χ2n) is 6.49. The van der Waals surface area contributed by atoms with Gasteiger partial charge in [0.25, 0.3) is 0 Å². The summed E-state index contributed by atoms with van der Waals surface area (Å²) in [7, 11) is 0. The lowest BCUT2D eigenvalue weighted by Gasteiger charge is -2.18. The Hall–Kier alpha value is -3.15. The highest BCUT2D eigenvalue weighted by molar-refractivity contribution is 6.04. The van der Waals surface area contributed by atoms with Gasteiger partial charge in [-0.3, -0.25) is 14.4 Å². The van der Waals surface area contributed by atoms with E-state index in [0.717, 1.165) is 11.3 Å². The Bertz CT molecular complexity index is 846. The minimum Gasteiger partial charge on any atom is -0.326 e. The first-order chi connectivity index (χ1) is 12.4. The third-order valence-electron chi connectivity index (χ3n) is 4.29. The Morgan fingerprint density at radius 2 is 1.77 bits per heavy atom. The number of carbonyl (C=O) groups excluding carboxylic acids is 3. The number of benzene rings is 2. The lowest BCUT2D eigenvalue weighted by atomic mass is 10.1. The summed E-state index contributed by atoms with van der Waals surface area (Å²) in [5, 5.41) is 5.56. The summed E-state index contributed by atoms with van der Waals surface area (Å²) in [5.74, 6) is -0.852. The minimum absolute atomic E-state index is 0.103. The summed E-state index contributed by atoms with van der Waals surface area (Å²) in [6.45, 7) is 3.73. The van der Waals surface area contributed by atoms with Crippen LogP contribution in [0.25, 0.3) is 0 Å². The van der Waals surface area contributed by atoms with E-state index in [0.29, 0.717) is 17.9 Å². The first kappa shape index (κ1) is 17.7. The van der Waals surface area contributed by atoms with E-state index in [1.54, 1.807) is 29.2 Å². The van der Waals surface area contributed by atoms with Gasteiger partial charge in [-0.1, -0.05) is 23.8 Å². The van der Waals surface area contributed by atoms with Crippen molar-refractivity contribution in [2.75, 3.05) is 22.1 Å². The zero-order chi connectivity index (χ0) is 18.7. The summed E-state index contributed by atoms with van der Waals surface area (Å²) in [6.07, 6.45) is 0.169. The molecule has 6 heteroatoms. The molecule has 1 atom stereocenters. The van der Waals surface area contributed by atoms with E-state index in [1.165, 1.54) is 6.92 Å². The fraction of sp³-hybridized carbons (Fsp3) is 0.250. The molecule has 6 nitrogen and oxygen atoms in total. The summed E-state index contributed by atoms with van der Waals surface area (Å²) in [4.78, 5) is 37.7. The van der Waals surface area contributed by atoms with E-state index in [2.05, 4.69) is 10.6 Å². The monoisotopic (exact) mass is 351 g/mol. The van der Waals surface area contributed by atoms with Crippen molar-refractivity contribution in [3.8, 4) is 0 Å². The van der Waals surface area contributed by atoms with Crippen LogP contribution in [0.5, 0.6) is 0 Å². The standard InChI is InChI=1S/C20H21N3O3/c1-13-6-8-16(9-7-13)22-20(26)15-10-19(25)23(12-15)18-5-3-4-17(11-18)21-14(2)24/h3-9,11,15H,10,12H2,1-2H3,(H,21,24)(H,22,26)/t15-/m0/s1. The number of amides is 3. The van der Waals surface area contributed by atoms with Crippen molar-refractivity contribution in [1.82, 2.24) is 0 Å². The molecule has 1 heterocycles. The molecular weight excluding hydrogens is 330 g/mol. The van der Waals surface area contributed by atoms with E-state index in [4.69, 9.17) is 0 Å². The van der Waals surface area contributed by atoms with E-state index < -0.39 is 5.92 Å². The molecule has 0 spiro atoms. The SMILES string of the molecule is CC(=O)Nc1cccc(N2C[C@@H](C(=O)Nc3ccc(C)cc3)CC2=O)c1. The number of aryl methyl sites for hydroxylation is 1. The van der Waals surface area contributed by atoms with Crippen LogP contribution < -0.4 is 15.5 Å². The topological polar surface area (TPSA) is 78.5 Å². The van der Waals surface area contributed by atoms with Crippen LogP contribution in [-0.4, -0.2) is 24.3 Å². The Kier molecular flexibility index (Phi) is 5.02. The molecule has 1 fully saturated rings. The maximum absolute atomic E-state index is 12.5. The lowest BCUT2D eigenvalue weighted by Crippen LogP contribution is -2.28. The number of hydrogen-bond acceptors (Lipinski definition) is 3. The fourth-order valence-corrected chi connectivity index (χ4v) is 2.97. The summed E-state index contributed by atoms with van der Waals surface area (Å²) in [6, 6.07) is 14.6. The summed E-state index contributed by atoms with van der Waals surface area (Å²) in [5.41, 5.74) is 3.13. The second kappa shape index (κ2) is 7.39. The third kappa shape index (κ3) is 4.08. The van der Waals surface area contributed by atoms with E-state index in [-0.39, 0.29) is 24.1 Å². The van der Waals surface area contributed by atoms with Gasteiger partial charge in [0.05, 0.1) is 5.92 Å². The van der Waals surface area contributed by atoms with Crippen LogP contribution in [-0.2, 0) is 14.4 Å². The van der Waals surface area contributed by atoms with Gasteiger partial charge in [-0.05, 0) is 37.3 Å². The zero-order valence-electron chi connectivity index (χ0n) is 14.8.